The van der Waals surface area contributed by atoms with Crippen molar-refractivity contribution in [3.05, 3.63) is 59.9 Å². The number of rotatable bonds is 3. The molecule has 0 radical (unpaired) electrons. The van der Waals surface area contributed by atoms with Crippen molar-refractivity contribution in [1.29, 1.82) is 0 Å². The Balaban J connectivity index is 1.41. The Morgan fingerprint density at radius 3 is 2.75 bits per heavy atom. The van der Waals surface area contributed by atoms with E-state index in [0.717, 1.165) is 17.3 Å². The third-order valence-corrected chi connectivity index (χ3v) is 4.09. The maximum atomic E-state index is 12.7. The summed E-state index contributed by atoms with van der Waals surface area (Å²) in [7, 11) is 0. The van der Waals surface area contributed by atoms with Gasteiger partial charge in [-0.2, -0.15) is 18.3 Å². The molecule has 4 heterocycles. The highest BCUT2D eigenvalue weighted by molar-refractivity contribution is 5.46. The molecule has 0 saturated carbocycles. The van der Waals surface area contributed by atoms with Crippen molar-refractivity contribution >= 4 is 5.52 Å². The number of halogens is 3. The minimum Gasteiger partial charge on any atom is -0.296 e. The van der Waals surface area contributed by atoms with Gasteiger partial charge >= 0.3 is 6.18 Å². The van der Waals surface area contributed by atoms with Crippen molar-refractivity contribution in [1.82, 2.24) is 24.5 Å². The van der Waals surface area contributed by atoms with E-state index in [9.17, 15) is 13.2 Å². The van der Waals surface area contributed by atoms with Crippen LogP contribution in [0.1, 0.15) is 23.1 Å². The number of fused-ring (bicyclic) bond motifs is 1. The zero-order valence-corrected chi connectivity index (χ0v) is 12.6. The maximum Gasteiger partial charge on any atom is 0.433 e. The summed E-state index contributed by atoms with van der Waals surface area (Å²) in [6.07, 6.45) is -1.37. The molecule has 3 aromatic heterocycles. The fourth-order valence-electron chi connectivity index (χ4n) is 2.89. The molecule has 5 nitrogen and oxygen atoms in total. The zero-order valence-electron chi connectivity index (χ0n) is 12.6. The monoisotopic (exact) mass is 333 g/mol. The largest absolute Gasteiger partial charge is 0.433 e. The number of likely N-dealkylation sites (tertiary alicyclic amines) is 1. The van der Waals surface area contributed by atoms with E-state index >= 15 is 0 Å². The van der Waals surface area contributed by atoms with Gasteiger partial charge in [-0.3, -0.25) is 4.90 Å². The molecule has 0 unspecified atom stereocenters. The van der Waals surface area contributed by atoms with Crippen molar-refractivity contribution in [2.45, 2.75) is 18.6 Å². The Labute approximate surface area is 135 Å². The van der Waals surface area contributed by atoms with Crippen LogP contribution in [0.5, 0.6) is 0 Å². The Morgan fingerprint density at radius 2 is 2.00 bits per heavy atom. The third-order valence-electron chi connectivity index (χ3n) is 4.09. The maximum absolute atomic E-state index is 12.7. The molecule has 0 aromatic carbocycles. The minimum atomic E-state index is -4.43. The quantitative estimate of drug-likeness (QED) is 0.739. The lowest BCUT2D eigenvalue weighted by Gasteiger charge is -2.37. The molecule has 0 bridgehead atoms. The molecule has 0 aliphatic carbocycles. The second-order valence-electron chi connectivity index (χ2n) is 5.89. The van der Waals surface area contributed by atoms with Gasteiger partial charge < -0.3 is 0 Å². The van der Waals surface area contributed by atoms with E-state index < -0.39 is 11.9 Å². The predicted molar refractivity (Wildman–Crippen MR) is 80.2 cm³/mol. The third kappa shape index (κ3) is 2.84. The molecule has 0 N–H and O–H groups in total. The normalized spacial score (nSPS) is 16.5. The second-order valence-corrected chi connectivity index (χ2v) is 5.89. The van der Waals surface area contributed by atoms with Gasteiger partial charge in [-0.1, -0.05) is 6.07 Å². The van der Waals surface area contributed by atoms with Gasteiger partial charge in [-0.05, 0) is 24.3 Å². The Bertz CT molecular complexity index is 834. The molecule has 1 fully saturated rings. The van der Waals surface area contributed by atoms with Crippen LogP contribution in [-0.2, 0) is 12.7 Å². The number of nitrogens with zero attached hydrogens (tertiary/aromatic N) is 5. The smallest absolute Gasteiger partial charge is 0.296 e. The molecule has 1 aliphatic heterocycles. The molecule has 124 valence electrons. The van der Waals surface area contributed by atoms with E-state index in [0.29, 0.717) is 19.6 Å². The summed E-state index contributed by atoms with van der Waals surface area (Å²) >= 11 is 0. The van der Waals surface area contributed by atoms with Crippen LogP contribution in [-0.4, -0.2) is 37.6 Å². The van der Waals surface area contributed by atoms with Crippen molar-refractivity contribution in [2.24, 2.45) is 0 Å². The van der Waals surface area contributed by atoms with E-state index in [-0.39, 0.29) is 11.7 Å². The topological polar surface area (TPSA) is 46.3 Å². The fourth-order valence-corrected chi connectivity index (χ4v) is 2.89. The first-order chi connectivity index (χ1) is 11.5. The van der Waals surface area contributed by atoms with Gasteiger partial charge in [0, 0.05) is 37.9 Å². The molecule has 0 spiro atoms. The van der Waals surface area contributed by atoms with Gasteiger partial charge in [0.1, 0.15) is 11.5 Å². The van der Waals surface area contributed by atoms with Crippen LogP contribution in [0, 0.1) is 0 Å². The lowest BCUT2D eigenvalue weighted by molar-refractivity contribution is -0.141. The summed E-state index contributed by atoms with van der Waals surface area (Å²) < 4.78 is 39.9. The van der Waals surface area contributed by atoms with Gasteiger partial charge in [-0.15, -0.1) is 0 Å². The summed E-state index contributed by atoms with van der Waals surface area (Å²) in [5, 5.41) is 4.47. The summed E-state index contributed by atoms with van der Waals surface area (Å²) in [6.45, 7) is 1.93. The molecule has 1 aliphatic rings. The van der Waals surface area contributed by atoms with E-state index in [2.05, 4.69) is 20.0 Å². The lowest BCUT2D eigenvalue weighted by Crippen LogP contribution is -2.45. The van der Waals surface area contributed by atoms with Crippen molar-refractivity contribution in [3.8, 4) is 0 Å². The highest BCUT2D eigenvalue weighted by Gasteiger charge is 2.35. The molecule has 24 heavy (non-hydrogen) atoms. The Kier molecular flexibility index (Phi) is 3.49. The standard InChI is InChI=1S/C16H14F3N5/c17-16(18,19)14-4-5-20-15(21-14)11-8-23(9-11)10-12-7-13-3-1-2-6-24(13)22-12/h1-7,11H,8-10H2. The Morgan fingerprint density at radius 1 is 1.17 bits per heavy atom. The van der Waals surface area contributed by atoms with Crippen LogP contribution in [0.25, 0.3) is 5.52 Å². The number of hydrogen-bond donors (Lipinski definition) is 0. The van der Waals surface area contributed by atoms with Gasteiger partial charge in [0.15, 0.2) is 0 Å². The van der Waals surface area contributed by atoms with Crippen molar-refractivity contribution < 1.29 is 13.2 Å². The van der Waals surface area contributed by atoms with Crippen molar-refractivity contribution in [3.63, 3.8) is 0 Å². The van der Waals surface area contributed by atoms with Gasteiger partial charge in [-0.25, -0.2) is 14.5 Å². The summed E-state index contributed by atoms with van der Waals surface area (Å²) in [6, 6.07) is 8.75. The first-order valence-electron chi connectivity index (χ1n) is 7.55. The zero-order chi connectivity index (χ0) is 16.7. The molecule has 0 amide bonds. The average Bonchev–Trinajstić information content (AvgIpc) is 2.92. The van der Waals surface area contributed by atoms with E-state index in [1.165, 1.54) is 6.20 Å². The van der Waals surface area contributed by atoms with Crippen LogP contribution < -0.4 is 0 Å². The molecule has 0 atom stereocenters. The first kappa shape index (κ1) is 15.1. The molecule has 3 aromatic rings. The minimum absolute atomic E-state index is 0.0654. The highest BCUT2D eigenvalue weighted by atomic mass is 19.4. The first-order valence-corrected chi connectivity index (χ1v) is 7.55. The number of alkyl halides is 3. The predicted octanol–water partition coefficient (Wildman–Crippen LogP) is 2.74. The van der Waals surface area contributed by atoms with Crippen LogP contribution in [0.4, 0.5) is 13.2 Å². The van der Waals surface area contributed by atoms with Crippen LogP contribution in [0.3, 0.4) is 0 Å². The average molecular weight is 333 g/mol. The van der Waals surface area contributed by atoms with Crippen LogP contribution >= 0.6 is 0 Å². The van der Waals surface area contributed by atoms with Crippen LogP contribution in [0.15, 0.2) is 42.7 Å². The second kappa shape index (κ2) is 5.55. The highest BCUT2D eigenvalue weighted by Crippen LogP contribution is 2.30. The summed E-state index contributed by atoms with van der Waals surface area (Å²) in [4.78, 5) is 9.77. The molecular formula is C16H14F3N5. The number of pyridine rings is 1. The van der Waals surface area contributed by atoms with E-state index in [4.69, 9.17) is 0 Å². The number of aromatic nitrogens is 4. The van der Waals surface area contributed by atoms with E-state index in [1.807, 2.05) is 35.0 Å². The Hall–Kier alpha value is -2.48. The molecule has 1 saturated heterocycles. The molecule has 8 heteroatoms. The van der Waals surface area contributed by atoms with E-state index in [1.54, 1.807) is 0 Å². The summed E-state index contributed by atoms with van der Waals surface area (Å²) in [5.74, 6) is 0.195. The van der Waals surface area contributed by atoms with Gasteiger partial charge in [0.05, 0.1) is 11.2 Å². The fraction of sp³-hybridized carbons (Fsp3) is 0.312. The van der Waals surface area contributed by atoms with Crippen molar-refractivity contribution in [2.75, 3.05) is 13.1 Å². The SMILES string of the molecule is FC(F)(F)c1ccnc(C2CN(Cc3cc4ccccn4n3)C2)n1. The van der Waals surface area contributed by atoms with Gasteiger partial charge in [0.2, 0.25) is 0 Å². The number of hydrogen-bond acceptors (Lipinski definition) is 4. The lowest BCUT2D eigenvalue weighted by atomic mass is 9.99. The van der Waals surface area contributed by atoms with Gasteiger partial charge in [0.25, 0.3) is 0 Å². The summed E-state index contributed by atoms with van der Waals surface area (Å²) in [5.41, 5.74) is 1.07. The molecular weight excluding hydrogens is 319 g/mol. The molecule has 4 rings (SSSR count). The van der Waals surface area contributed by atoms with Crippen LogP contribution in [0.2, 0.25) is 0 Å².